The summed E-state index contributed by atoms with van der Waals surface area (Å²) in [6, 6.07) is 0. The average Bonchev–Trinajstić information content (AvgIpc) is 1.20. The van der Waals surface area contributed by atoms with Gasteiger partial charge in [0.25, 0.3) is 0 Å². The Morgan fingerprint density at radius 1 is 0.219 bits per heavy atom. The second-order valence-corrected chi connectivity index (χ2v) is 29.6. The SMILES string of the molecule is CCCCCSc1nc(CCCNc2nc(CCCNc3nc(CCCNc4nc(CCCNc5nc(CCCNc6nc(CC)nc(SCCCCC)n6)nc(SCCCCC)n5)nc(SCCCCC)n4)nc(SCCCCC)n3)nc(SCCCCC)n2)nc(NC)n1. The van der Waals surface area contributed by atoms with Gasteiger partial charge >= 0.3 is 0 Å². The Bertz CT molecular complexity index is 2870. The summed E-state index contributed by atoms with van der Waals surface area (Å²) in [6.07, 6.45) is 29.1. The largest absolute Gasteiger partial charge is 0.357 e. The van der Waals surface area contributed by atoms with E-state index in [1.54, 1.807) is 70.6 Å². The Labute approximate surface area is 598 Å². The molecule has 530 valence electrons. The molecule has 0 unspecified atom stereocenters. The third kappa shape index (κ3) is 34.2. The minimum absolute atomic E-state index is 0.587. The number of nitrogens with zero attached hydrogens (tertiary/aromatic N) is 18. The molecule has 0 radical (unpaired) electrons. The average molecular weight is 1430 g/mol. The van der Waals surface area contributed by atoms with Gasteiger partial charge in [-0.2, -0.15) is 59.8 Å². The summed E-state index contributed by atoms with van der Waals surface area (Å²) < 4.78 is 0. The zero-order valence-electron chi connectivity index (χ0n) is 58.8. The van der Waals surface area contributed by atoms with Crippen LogP contribution in [0.3, 0.4) is 0 Å². The van der Waals surface area contributed by atoms with Crippen LogP contribution in [-0.4, -0.2) is 164 Å². The number of aryl methyl sites for hydroxylation is 6. The number of nitrogens with one attached hydrogen (secondary N) is 6. The molecule has 30 heteroatoms. The molecule has 6 rings (SSSR count). The van der Waals surface area contributed by atoms with Gasteiger partial charge in [0, 0.05) is 113 Å². The molecule has 6 heterocycles. The van der Waals surface area contributed by atoms with Crippen LogP contribution in [0.15, 0.2) is 30.9 Å². The van der Waals surface area contributed by atoms with Crippen LogP contribution >= 0.6 is 70.6 Å². The van der Waals surface area contributed by atoms with Crippen LogP contribution in [0.1, 0.15) is 231 Å². The van der Waals surface area contributed by atoms with Gasteiger partial charge in [-0.1, -0.05) is 196 Å². The van der Waals surface area contributed by atoms with Crippen molar-refractivity contribution in [3.05, 3.63) is 34.9 Å². The number of anilines is 6. The van der Waals surface area contributed by atoms with Crippen molar-refractivity contribution in [3.63, 3.8) is 0 Å². The van der Waals surface area contributed by atoms with Gasteiger partial charge in [0.05, 0.1) is 0 Å². The molecular weight excluding hydrogens is 1320 g/mol. The summed E-state index contributed by atoms with van der Waals surface area (Å²) in [6.45, 7) is 18.7. The van der Waals surface area contributed by atoms with E-state index in [0.717, 1.165) is 190 Å². The lowest BCUT2D eigenvalue weighted by atomic mass is 10.3. The standard InChI is InChI=1S/C66H110N24S6/c1-9-16-22-43-91-61-79-49(15-7)73-56(86-61)68-38-29-34-51-75-58(88-63(81-51)93-45-24-18-11-3)70-40-31-36-53-77-60(90-65(83-53)95-47-26-20-13-5)72-42-32-37-54-78-59(89-66(84-54)96-48-27-21-14-6)71-41-30-35-52-76-57(87-64(82-52)94-46-25-19-12-4)69-39-28-33-50-74-55(67-8)85-62(80-50)92-44-23-17-10-2/h9-48H2,1-8H3,(H,67,74,80,85)(H,68,73,79,86)(H,69,76,82,87)(H,70,75,81,88)(H,71,78,84,89)(H,72,77,83,90). The lowest BCUT2D eigenvalue weighted by Crippen LogP contribution is -2.14. The van der Waals surface area contributed by atoms with E-state index >= 15 is 0 Å². The first-order valence-electron chi connectivity index (χ1n) is 35.8. The summed E-state index contributed by atoms with van der Waals surface area (Å²) in [7, 11) is 1.85. The third-order valence-corrected chi connectivity index (χ3v) is 20.3. The van der Waals surface area contributed by atoms with Crippen molar-refractivity contribution in [1.29, 1.82) is 0 Å². The van der Waals surface area contributed by atoms with E-state index in [4.69, 9.17) is 69.8 Å². The van der Waals surface area contributed by atoms with Gasteiger partial charge in [0.1, 0.15) is 34.9 Å². The van der Waals surface area contributed by atoms with Gasteiger partial charge in [-0.15, -0.1) is 0 Å². The van der Waals surface area contributed by atoms with E-state index in [9.17, 15) is 0 Å². The monoisotopic (exact) mass is 1430 g/mol. The summed E-state index contributed by atoms with van der Waals surface area (Å²) >= 11 is 10.2. The van der Waals surface area contributed by atoms with Crippen LogP contribution in [0, 0.1) is 0 Å². The third-order valence-electron chi connectivity index (χ3n) is 14.7. The molecule has 0 aliphatic rings. The molecule has 6 aromatic heterocycles. The summed E-state index contributed by atoms with van der Waals surface area (Å²) in [5.74, 6) is 14.1. The summed E-state index contributed by atoms with van der Waals surface area (Å²) in [4.78, 5) is 86.8. The predicted octanol–water partition coefficient (Wildman–Crippen LogP) is 15.3. The number of thioether (sulfide) groups is 6. The Morgan fingerprint density at radius 3 is 0.625 bits per heavy atom. The molecule has 6 aromatic rings. The molecule has 0 spiro atoms. The van der Waals surface area contributed by atoms with Crippen molar-refractivity contribution in [3.8, 4) is 0 Å². The fraction of sp³-hybridized carbons (Fsp3) is 0.727. The van der Waals surface area contributed by atoms with Gasteiger partial charge in [-0.25, -0.2) is 29.9 Å². The minimum Gasteiger partial charge on any atom is -0.357 e. The van der Waals surface area contributed by atoms with E-state index in [0.29, 0.717) is 101 Å². The highest BCUT2D eigenvalue weighted by molar-refractivity contribution is 8.00. The number of hydrogen-bond acceptors (Lipinski definition) is 30. The van der Waals surface area contributed by atoms with E-state index < -0.39 is 0 Å². The van der Waals surface area contributed by atoms with Crippen molar-refractivity contribution in [1.82, 2.24) is 89.7 Å². The van der Waals surface area contributed by atoms with Gasteiger partial charge in [0.15, 0.2) is 30.9 Å². The maximum Gasteiger partial charge on any atom is 0.226 e. The molecule has 0 aromatic carbocycles. The number of rotatable bonds is 57. The maximum absolute atomic E-state index is 4.95. The Morgan fingerprint density at radius 2 is 0.417 bits per heavy atom. The second kappa shape index (κ2) is 50.3. The van der Waals surface area contributed by atoms with Gasteiger partial charge in [-0.05, 0) is 70.6 Å². The van der Waals surface area contributed by atoms with Crippen LogP contribution in [0.25, 0.3) is 0 Å². The smallest absolute Gasteiger partial charge is 0.226 e. The van der Waals surface area contributed by atoms with Crippen LogP contribution in [0.5, 0.6) is 0 Å². The molecule has 0 saturated carbocycles. The Hall–Kier alpha value is -5.04. The molecule has 0 aliphatic heterocycles. The van der Waals surface area contributed by atoms with Crippen molar-refractivity contribution in [2.45, 2.75) is 266 Å². The molecule has 0 bridgehead atoms. The number of aromatic nitrogens is 18. The highest BCUT2D eigenvalue weighted by Gasteiger charge is 2.16. The van der Waals surface area contributed by atoms with Crippen molar-refractivity contribution >= 4 is 106 Å². The van der Waals surface area contributed by atoms with Crippen LogP contribution in [-0.2, 0) is 38.5 Å². The highest BCUT2D eigenvalue weighted by atomic mass is 32.2. The first-order valence-corrected chi connectivity index (χ1v) is 41.8. The topological polar surface area (TPSA) is 304 Å². The molecule has 0 atom stereocenters. The molecule has 24 nitrogen and oxygen atoms in total. The van der Waals surface area contributed by atoms with Crippen molar-refractivity contribution in [2.75, 3.05) is 106 Å². The van der Waals surface area contributed by atoms with Gasteiger partial charge in [0.2, 0.25) is 35.7 Å². The molecule has 0 fully saturated rings. The van der Waals surface area contributed by atoms with Crippen molar-refractivity contribution in [2.24, 2.45) is 0 Å². The zero-order chi connectivity index (χ0) is 67.9. The number of hydrogen-bond donors (Lipinski definition) is 6. The maximum atomic E-state index is 4.95. The molecule has 0 aliphatic carbocycles. The Balaban J connectivity index is 1.03. The first-order chi connectivity index (χ1) is 47.2. The summed E-state index contributed by atoms with van der Waals surface area (Å²) in [5.41, 5.74) is 0. The fourth-order valence-electron chi connectivity index (χ4n) is 9.33. The van der Waals surface area contributed by atoms with E-state index in [-0.39, 0.29) is 0 Å². The highest BCUT2D eigenvalue weighted by Crippen LogP contribution is 2.24. The molecule has 96 heavy (non-hydrogen) atoms. The van der Waals surface area contributed by atoms with E-state index in [1.807, 2.05) is 7.05 Å². The normalized spacial score (nSPS) is 11.4. The first kappa shape index (κ1) is 79.9. The quantitative estimate of drug-likeness (QED) is 0.0153. The second-order valence-electron chi connectivity index (χ2n) is 23.2. The van der Waals surface area contributed by atoms with E-state index in [2.05, 4.69) is 100 Å². The lowest BCUT2D eigenvalue weighted by molar-refractivity contribution is 0.720. The Kier molecular flexibility index (Phi) is 41.9. The summed E-state index contributed by atoms with van der Waals surface area (Å²) in [5, 5.41) is 25.2. The minimum atomic E-state index is 0.587. The van der Waals surface area contributed by atoms with Crippen LogP contribution < -0.4 is 31.9 Å². The molecule has 0 amide bonds. The molecule has 6 N–H and O–H groups in total. The van der Waals surface area contributed by atoms with Gasteiger partial charge < -0.3 is 31.9 Å². The molecular formula is C66H110N24S6. The number of unbranched alkanes of at least 4 members (excludes halogenated alkanes) is 12. The fourth-order valence-corrected chi connectivity index (χ4v) is 14.4. The van der Waals surface area contributed by atoms with Gasteiger partial charge in [-0.3, -0.25) is 0 Å². The van der Waals surface area contributed by atoms with Crippen LogP contribution in [0.2, 0.25) is 0 Å². The van der Waals surface area contributed by atoms with Crippen molar-refractivity contribution < 1.29 is 0 Å². The van der Waals surface area contributed by atoms with E-state index in [1.165, 1.54) is 64.2 Å². The molecule has 0 saturated heterocycles. The van der Waals surface area contributed by atoms with Crippen LogP contribution in [0.4, 0.5) is 35.7 Å². The zero-order valence-corrected chi connectivity index (χ0v) is 63.7. The lowest BCUT2D eigenvalue weighted by Gasteiger charge is -2.11. The predicted molar refractivity (Wildman–Crippen MR) is 403 cm³/mol.